The van der Waals surface area contributed by atoms with Gasteiger partial charge >= 0.3 is 5.69 Å². The summed E-state index contributed by atoms with van der Waals surface area (Å²) in [6.07, 6.45) is 0. The number of rotatable bonds is 7. The molecule has 1 heterocycles. The molecular formula is C15H15N5O5. The average Bonchev–Trinajstić information content (AvgIpc) is 3.09. The second-order valence-electron chi connectivity index (χ2n) is 5.04. The van der Waals surface area contributed by atoms with Gasteiger partial charge < -0.3 is 20.5 Å². The third-order valence-corrected chi connectivity index (χ3v) is 3.49. The molecule has 25 heavy (non-hydrogen) atoms. The van der Waals surface area contributed by atoms with Gasteiger partial charge in [0.25, 0.3) is 0 Å². The van der Waals surface area contributed by atoms with E-state index in [9.17, 15) is 10.1 Å². The Kier molecular flexibility index (Phi) is 4.61. The molecule has 0 atom stereocenters. The van der Waals surface area contributed by atoms with Gasteiger partial charge in [0.05, 0.1) is 24.3 Å². The fourth-order valence-corrected chi connectivity index (χ4v) is 2.36. The first-order chi connectivity index (χ1) is 12.1. The summed E-state index contributed by atoms with van der Waals surface area (Å²) in [7, 11) is 1.57. The summed E-state index contributed by atoms with van der Waals surface area (Å²) >= 11 is 0. The minimum absolute atomic E-state index is 0.0175. The minimum atomic E-state index is -0.566. The van der Waals surface area contributed by atoms with E-state index in [0.717, 1.165) is 5.69 Å². The predicted molar refractivity (Wildman–Crippen MR) is 90.3 cm³/mol. The molecule has 10 heteroatoms. The van der Waals surface area contributed by atoms with Crippen molar-refractivity contribution in [2.24, 2.45) is 0 Å². The zero-order chi connectivity index (χ0) is 17.8. The molecule has 0 aliphatic heterocycles. The second kappa shape index (κ2) is 7.01. The van der Waals surface area contributed by atoms with E-state index in [0.29, 0.717) is 11.4 Å². The van der Waals surface area contributed by atoms with Crippen LogP contribution in [0.15, 0.2) is 35.0 Å². The molecular weight excluding hydrogens is 330 g/mol. The zero-order valence-electron chi connectivity index (χ0n) is 13.2. The van der Waals surface area contributed by atoms with Crippen molar-refractivity contribution in [1.82, 2.24) is 10.3 Å². The smallest absolute Gasteiger partial charge is 0.323 e. The molecule has 10 nitrogen and oxygen atoms in total. The highest BCUT2D eigenvalue weighted by Crippen LogP contribution is 2.37. The van der Waals surface area contributed by atoms with Gasteiger partial charge in [-0.1, -0.05) is 0 Å². The van der Waals surface area contributed by atoms with E-state index in [1.165, 1.54) is 6.07 Å². The third-order valence-electron chi connectivity index (χ3n) is 3.49. The first-order valence-corrected chi connectivity index (χ1v) is 7.33. The van der Waals surface area contributed by atoms with Gasteiger partial charge in [-0.25, -0.2) is 4.63 Å². The first-order valence-electron chi connectivity index (χ1n) is 7.33. The van der Waals surface area contributed by atoms with Crippen LogP contribution >= 0.6 is 0 Å². The molecule has 0 radical (unpaired) electrons. The number of nitrogens with zero attached hydrogens (tertiary/aromatic N) is 3. The minimum Gasteiger partial charge on any atom is -0.497 e. The van der Waals surface area contributed by atoms with Crippen LogP contribution < -0.4 is 15.4 Å². The van der Waals surface area contributed by atoms with Gasteiger partial charge in [0.2, 0.25) is 5.52 Å². The summed E-state index contributed by atoms with van der Waals surface area (Å²) in [5, 5.41) is 33.7. The lowest BCUT2D eigenvalue weighted by atomic mass is 10.2. The average molecular weight is 345 g/mol. The monoisotopic (exact) mass is 345 g/mol. The van der Waals surface area contributed by atoms with E-state index in [2.05, 4.69) is 25.6 Å². The summed E-state index contributed by atoms with van der Waals surface area (Å²) in [4.78, 5) is 10.8. The number of aliphatic hydroxyl groups is 1. The Morgan fingerprint density at radius 3 is 2.60 bits per heavy atom. The van der Waals surface area contributed by atoms with Crippen LogP contribution in [0.4, 0.5) is 22.7 Å². The maximum Gasteiger partial charge on any atom is 0.323 e. The summed E-state index contributed by atoms with van der Waals surface area (Å²) in [5.41, 5.74) is 1.41. The van der Waals surface area contributed by atoms with E-state index < -0.39 is 4.92 Å². The third kappa shape index (κ3) is 3.28. The maximum absolute atomic E-state index is 11.4. The quantitative estimate of drug-likeness (QED) is 0.435. The molecule has 3 N–H and O–H groups in total. The molecule has 0 unspecified atom stereocenters. The fraction of sp³-hybridized carbons (Fsp3) is 0.200. The maximum atomic E-state index is 11.4. The molecule has 3 aromatic rings. The number of anilines is 3. The SMILES string of the molecule is COc1ccc(Nc2cc(NCCO)c([N+](=O)[O-])c3nonc23)cc1. The van der Waals surface area contributed by atoms with Gasteiger partial charge in [-0.05, 0) is 40.6 Å². The number of nitro groups is 1. The second-order valence-corrected chi connectivity index (χ2v) is 5.04. The van der Waals surface area contributed by atoms with Crippen molar-refractivity contribution >= 4 is 33.8 Å². The number of aromatic nitrogens is 2. The molecule has 2 aromatic carbocycles. The van der Waals surface area contributed by atoms with Gasteiger partial charge in [-0.15, -0.1) is 0 Å². The number of benzene rings is 2. The normalized spacial score (nSPS) is 10.6. The molecule has 0 amide bonds. The molecule has 130 valence electrons. The van der Waals surface area contributed by atoms with Gasteiger partial charge in [-0.2, -0.15) is 0 Å². The topological polar surface area (TPSA) is 136 Å². The predicted octanol–water partition coefficient (Wildman–Crippen LogP) is 2.29. The van der Waals surface area contributed by atoms with Gasteiger partial charge in [-0.3, -0.25) is 10.1 Å². The standard InChI is InChI=1S/C15H15N5O5/c1-24-10-4-2-9(3-5-10)17-11-8-12(16-6-7-21)15(20(22)23)14-13(11)18-25-19-14/h2-5,8,16-17,21H,6-7H2,1H3. The van der Waals surface area contributed by atoms with E-state index in [-0.39, 0.29) is 35.6 Å². The van der Waals surface area contributed by atoms with Crippen LogP contribution in [-0.2, 0) is 0 Å². The Hall–Kier alpha value is -3.40. The van der Waals surface area contributed by atoms with Crippen LogP contribution in [0.25, 0.3) is 11.0 Å². The number of hydrogen-bond donors (Lipinski definition) is 3. The van der Waals surface area contributed by atoms with Gasteiger partial charge in [0.1, 0.15) is 11.4 Å². The lowest BCUT2D eigenvalue weighted by Gasteiger charge is -2.11. The van der Waals surface area contributed by atoms with Gasteiger partial charge in [0.15, 0.2) is 5.52 Å². The molecule has 0 spiro atoms. The first kappa shape index (κ1) is 16.5. The Balaban J connectivity index is 2.05. The van der Waals surface area contributed by atoms with Crippen molar-refractivity contribution in [2.45, 2.75) is 0 Å². The highest BCUT2D eigenvalue weighted by atomic mass is 16.6. The Morgan fingerprint density at radius 2 is 1.96 bits per heavy atom. The van der Waals surface area contributed by atoms with Gasteiger partial charge in [0, 0.05) is 12.2 Å². The lowest BCUT2D eigenvalue weighted by Crippen LogP contribution is -2.08. The van der Waals surface area contributed by atoms with Crippen molar-refractivity contribution < 1.29 is 19.4 Å². The molecule has 0 aliphatic carbocycles. The highest BCUT2D eigenvalue weighted by Gasteiger charge is 2.25. The van der Waals surface area contributed by atoms with Crippen molar-refractivity contribution in [3.05, 3.63) is 40.4 Å². The van der Waals surface area contributed by atoms with Crippen LogP contribution in [0.2, 0.25) is 0 Å². The molecule has 0 saturated heterocycles. The largest absolute Gasteiger partial charge is 0.497 e. The summed E-state index contributed by atoms with van der Waals surface area (Å²) < 4.78 is 9.80. The number of hydrogen-bond acceptors (Lipinski definition) is 9. The van der Waals surface area contributed by atoms with E-state index in [4.69, 9.17) is 9.84 Å². The number of nitro benzene ring substituents is 1. The summed E-state index contributed by atoms with van der Waals surface area (Å²) in [6.45, 7) is -0.0207. The summed E-state index contributed by atoms with van der Waals surface area (Å²) in [5.74, 6) is 0.702. The Labute approximate surface area is 141 Å². The molecule has 3 rings (SSSR count). The van der Waals surface area contributed by atoms with E-state index >= 15 is 0 Å². The highest BCUT2D eigenvalue weighted by molar-refractivity contribution is 6.00. The van der Waals surface area contributed by atoms with Crippen molar-refractivity contribution in [3.8, 4) is 5.75 Å². The van der Waals surface area contributed by atoms with Crippen LogP contribution in [0.1, 0.15) is 0 Å². The number of fused-ring (bicyclic) bond motifs is 1. The Bertz CT molecular complexity index is 893. The zero-order valence-corrected chi connectivity index (χ0v) is 13.2. The van der Waals surface area contributed by atoms with Crippen molar-refractivity contribution in [3.63, 3.8) is 0 Å². The Morgan fingerprint density at radius 1 is 1.24 bits per heavy atom. The number of aliphatic hydroxyl groups excluding tert-OH is 1. The van der Waals surface area contributed by atoms with Crippen LogP contribution in [0, 0.1) is 10.1 Å². The van der Waals surface area contributed by atoms with Crippen molar-refractivity contribution in [2.75, 3.05) is 30.9 Å². The number of nitrogens with one attached hydrogen (secondary N) is 2. The van der Waals surface area contributed by atoms with Crippen LogP contribution in [0.5, 0.6) is 5.75 Å². The molecule has 0 aliphatic rings. The molecule has 1 aromatic heterocycles. The van der Waals surface area contributed by atoms with Crippen LogP contribution in [-0.4, -0.2) is 40.6 Å². The van der Waals surface area contributed by atoms with E-state index in [1.807, 2.05) is 0 Å². The molecule has 0 bridgehead atoms. The number of methoxy groups -OCH3 is 1. The number of ether oxygens (including phenoxy) is 1. The van der Waals surface area contributed by atoms with E-state index in [1.54, 1.807) is 31.4 Å². The fourth-order valence-electron chi connectivity index (χ4n) is 2.36. The lowest BCUT2D eigenvalue weighted by molar-refractivity contribution is -0.382. The molecule has 0 saturated carbocycles. The van der Waals surface area contributed by atoms with Crippen molar-refractivity contribution in [1.29, 1.82) is 0 Å². The summed E-state index contributed by atoms with van der Waals surface area (Å²) in [6, 6.07) is 8.67. The van der Waals surface area contributed by atoms with Crippen LogP contribution in [0.3, 0.4) is 0 Å². The molecule has 0 fully saturated rings.